The van der Waals surface area contributed by atoms with Crippen molar-refractivity contribution in [2.75, 3.05) is 18.8 Å². The van der Waals surface area contributed by atoms with Gasteiger partial charge in [-0.1, -0.05) is 25.5 Å². The Kier molecular flexibility index (Phi) is 8.53. The molecule has 4 heteroatoms. The van der Waals surface area contributed by atoms with Crippen molar-refractivity contribution in [1.82, 2.24) is 5.32 Å². The first-order valence-electron chi connectivity index (χ1n) is 6.83. The van der Waals surface area contributed by atoms with E-state index in [4.69, 9.17) is 0 Å². The van der Waals surface area contributed by atoms with E-state index in [1.165, 1.54) is 5.57 Å². The van der Waals surface area contributed by atoms with Gasteiger partial charge in [0.2, 0.25) is 0 Å². The summed E-state index contributed by atoms with van der Waals surface area (Å²) in [5, 5.41) is 3.10. The second-order valence-electron chi connectivity index (χ2n) is 5.60. The fourth-order valence-corrected chi connectivity index (χ4v) is 2.53. The SMILES string of the molecule is C/C(=C/CCNCC(C)C)CCS(=O)(=O)C(C)C. The van der Waals surface area contributed by atoms with Crippen LogP contribution in [-0.2, 0) is 9.84 Å². The monoisotopic (exact) mass is 275 g/mol. The van der Waals surface area contributed by atoms with E-state index in [1.54, 1.807) is 13.8 Å². The lowest BCUT2D eigenvalue weighted by atomic mass is 10.2. The third-order valence-corrected chi connectivity index (χ3v) is 5.08. The number of hydrogen-bond donors (Lipinski definition) is 1. The number of hydrogen-bond acceptors (Lipinski definition) is 3. The summed E-state index contributed by atoms with van der Waals surface area (Å²) in [6.45, 7) is 11.9. The molecule has 0 radical (unpaired) electrons. The van der Waals surface area contributed by atoms with E-state index < -0.39 is 9.84 Å². The fourth-order valence-electron chi connectivity index (χ4n) is 1.45. The summed E-state index contributed by atoms with van der Waals surface area (Å²) in [4.78, 5) is 0. The summed E-state index contributed by atoms with van der Waals surface area (Å²) in [6, 6.07) is 0. The average Bonchev–Trinajstić information content (AvgIpc) is 2.25. The summed E-state index contributed by atoms with van der Waals surface area (Å²) >= 11 is 0. The summed E-state index contributed by atoms with van der Waals surface area (Å²) in [5.41, 5.74) is 1.17. The van der Waals surface area contributed by atoms with Gasteiger partial charge in [0.1, 0.15) is 0 Å². The quantitative estimate of drug-likeness (QED) is 0.520. The molecule has 0 rings (SSSR count). The second-order valence-corrected chi connectivity index (χ2v) is 8.28. The van der Waals surface area contributed by atoms with Gasteiger partial charge in [-0.15, -0.1) is 0 Å². The average molecular weight is 275 g/mol. The van der Waals surface area contributed by atoms with Gasteiger partial charge in [-0.05, 0) is 52.6 Å². The van der Waals surface area contributed by atoms with Crippen LogP contribution in [-0.4, -0.2) is 32.5 Å². The van der Waals surface area contributed by atoms with Gasteiger partial charge in [0.15, 0.2) is 9.84 Å². The molecule has 0 fully saturated rings. The van der Waals surface area contributed by atoms with Crippen LogP contribution in [0.1, 0.15) is 47.5 Å². The first kappa shape index (κ1) is 17.6. The van der Waals surface area contributed by atoms with Gasteiger partial charge in [0.25, 0.3) is 0 Å². The Bertz CT molecular complexity index is 343. The van der Waals surface area contributed by atoms with E-state index in [9.17, 15) is 8.42 Å². The van der Waals surface area contributed by atoms with Crippen LogP contribution in [0.4, 0.5) is 0 Å². The van der Waals surface area contributed by atoms with E-state index in [2.05, 4.69) is 25.2 Å². The molecule has 0 amide bonds. The molecule has 0 unspecified atom stereocenters. The molecule has 0 aromatic rings. The normalized spacial score (nSPS) is 13.6. The second kappa shape index (κ2) is 8.70. The molecule has 0 heterocycles. The molecule has 108 valence electrons. The van der Waals surface area contributed by atoms with Crippen LogP contribution in [0.2, 0.25) is 0 Å². The minimum Gasteiger partial charge on any atom is -0.316 e. The summed E-state index contributed by atoms with van der Waals surface area (Å²) in [6.07, 6.45) is 3.77. The Hall–Kier alpha value is -0.350. The van der Waals surface area contributed by atoms with Crippen LogP contribution in [0.5, 0.6) is 0 Å². The highest BCUT2D eigenvalue weighted by molar-refractivity contribution is 7.91. The standard InChI is InChI=1S/C14H29NO2S/c1-12(2)11-15-9-6-7-14(5)8-10-18(16,17)13(3)4/h7,12-13,15H,6,8-11H2,1-5H3/b14-7-. The highest BCUT2D eigenvalue weighted by Gasteiger charge is 2.15. The number of sulfone groups is 1. The van der Waals surface area contributed by atoms with Crippen LogP contribution in [0, 0.1) is 5.92 Å². The van der Waals surface area contributed by atoms with Crippen molar-refractivity contribution in [2.45, 2.75) is 52.7 Å². The van der Waals surface area contributed by atoms with Crippen LogP contribution in [0.3, 0.4) is 0 Å². The fraction of sp³-hybridized carbons (Fsp3) is 0.857. The molecular formula is C14H29NO2S. The molecule has 0 saturated carbocycles. The van der Waals surface area contributed by atoms with Crippen LogP contribution in [0.25, 0.3) is 0 Å². The van der Waals surface area contributed by atoms with E-state index in [-0.39, 0.29) is 11.0 Å². The maximum absolute atomic E-state index is 11.6. The molecular weight excluding hydrogens is 246 g/mol. The summed E-state index contributed by atoms with van der Waals surface area (Å²) in [5.74, 6) is 0.943. The Morgan fingerprint density at radius 3 is 2.33 bits per heavy atom. The van der Waals surface area contributed by atoms with Gasteiger partial charge < -0.3 is 5.32 Å². The zero-order valence-electron chi connectivity index (χ0n) is 12.5. The lowest BCUT2D eigenvalue weighted by molar-refractivity contribution is 0.556. The van der Waals surface area contributed by atoms with E-state index in [0.717, 1.165) is 19.5 Å². The van der Waals surface area contributed by atoms with Gasteiger partial charge in [-0.3, -0.25) is 0 Å². The van der Waals surface area contributed by atoms with Crippen LogP contribution >= 0.6 is 0 Å². The van der Waals surface area contributed by atoms with Crippen molar-refractivity contribution < 1.29 is 8.42 Å². The van der Waals surface area contributed by atoms with Gasteiger partial charge >= 0.3 is 0 Å². The van der Waals surface area contributed by atoms with Gasteiger partial charge in [0, 0.05) is 0 Å². The summed E-state index contributed by atoms with van der Waals surface area (Å²) in [7, 11) is -2.90. The Morgan fingerprint density at radius 1 is 1.22 bits per heavy atom. The molecule has 0 saturated heterocycles. The van der Waals surface area contributed by atoms with E-state index in [0.29, 0.717) is 12.3 Å². The van der Waals surface area contributed by atoms with Crippen molar-refractivity contribution >= 4 is 9.84 Å². The van der Waals surface area contributed by atoms with Gasteiger partial charge in [0.05, 0.1) is 11.0 Å². The van der Waals surface area contributed by atoms with Gasteiger partial charge in [-0.2, -0.15) is 0 Å². The molecule has 18 heavy (non-hydrogen) atoms. The third kappa shape index (κ3) is 8.70. The highest BCUT2D eigenvalue weighted by atomic mass is 32.2. The minimum atomic E-state index is -2.90. The molecule has 3 nitrogen and oxygen atoms in total. The molecule has 0 aliphatic rings. The van der Waals surface area contributed by atoms with Crippen LogP contribution in [0.15, 0.2) is 11.6 Å². The Balaban J connectivity index is 3.86. The van der Waals surface area contributed by atoms with Crippen molar-refractivity contribution in [1.29, 1.82) is 0 Å². The van der Waals surface area contributed by atoms with Gasteiger partial charge in [-0.25, -0.2) is 8.42 Å². The topological polar surface area (TPSA) is 46.2 Å². The van der Waals surface area contributed by atoms with Crippen LogP contribution < -0.4 is 5.32 Å². The molecule has 0 aromatic carbocycles. The van der Waals surface area contributed by atoms with E-state index in [1.807, 2.05) is 6.92 Å². The predicted octanol–water partition coefficient (Wildman–Crippen LogP) is 2.78. The lowest BCUT2D eigenvalue weighted by Crippen LogP contribution is -2.20. The zero-order chi connectivity index (χ0) is 14.2. The largest absolute Gasteiger partial charge is 0.316 e. The van der Waals surface area contributed by atoms with Crippen molar-refractivity contribution in [3.8, 4) is 0 Å². The molecule has 1 N–H and O–H groups in total. The number of rotatable bonds is 9. The molecule has 0 aliphatic carbocycles. The van der Waals surface area contributed by atoms with E-state index >= 15 is 0 Å². The molecule has 0 atom stereocenters. The first-order valence-corrected chi connectivity index (χ1v) is 8.55. The molecule has 0 spiro atoms. The number of nitrogens with one attached hydrogen (secondary N) is 1. The Labute approximate surface area is 113 Å². The maximum Gasteiger partial charge on any atom is 0.152 e. The third-order valence-electron chi connectivity index (χ3n) is 2.87. The zero-order valence-corrected chi connectivity index (χ0v) is 13.3. The maximum atomic E-state index is 11.6. The van der Waals surface area contributed by atoms with Crippen molar-refractivity contribution in [3.05, 3.63) is 11.6 Å². The smallest absolute Gasteiger partial charge is 0.152 e. The molecule has 0 bridgehead atoms. The highest BCUT2D eigenvalue weighted by Crippen LogP contribution is 2.08. The molecule has 0 aromatic heterocycles. The van der Waals surface area contributed by atoms with Crippen molar-refractivity contribution in [3.63, 3.8) is 0 Å². The lowest BCUT2D eigenvalue weighted by Gasteiger charge is -2.08. The van der Waals surface area contributed by atoms with Crippen molar-refractivity contribution in [2.24, 2.45) is 5.92 Å². The summed E-state index contributed by atoms with van der Waals surface area (Å²) < 4.78 is 23.3. The Morgan fingerprint density at radius 2 is 1.83 bits per heavy atom. The first-order chi connectivity index (χ1) is 8.25. The minimum absolute atomic E-state index is 0.266. The number of allylic oxidation sites excluding steroid dienone is 1. The molecule has 0 aliphatic heterocycles. The predicted molar refractivity (Wildman–Crippen MR) is 79.6 cm³/mol.